The highest BCUT2D eigenvalue weighted by molar-refractivity contribution is 5.85. The molecule has 4 aliphatic carbocycles. The number of nitrogens with zero attached hydrogens (tertiary/aromatic N) is 2. The molecule has 1 aromatic heterocycles. The molecule has 0 radical (unpaired) electrons. The fraction of sp³-hybridized carbons (Fsp3) is 0.654. The van der Waals surface area contributed by atoms with Gasteiger partial charge in [-0.15, -0.1) is 0 Å². The Kier molecular flexibility index (Phi) is 4.99. The maximum absolute atomic E-state index is 12.9. The molecule has 32 heavy (non-hydrogen) atoms. The zero-order valence-corrected chi connectivity index (χ0v) is 18.7. The Morgan fingerprint density at radius 1 is 1.09 bits per heavy atom. The minimum absolute atomic E-state index is 0.00433. The van der Waals surface area contributed by atoms with Crippen molar-refractivity contribution in [2.75, 3.05) is 19.6 Å². The maximum Gasteiger partial charge on any atom is 0.241 e. The highest BCUT2D eigenvalue weighted by atomic mass is 16.3. The summed E-state index contributed by atoms with van der Waals surface area (Å²) in [4.78, 5) is 32.2. The van der Waals surface area contributed by atoms with Crippen molar-refractivity contribution in [1.82, 2.24) is 15.2 Å². The Morgan fingerprint density at radius 3 is 2.53 bits per heavy atom. The van der Waals surface area contributed by atoms with Crippen LogP contribution in [0.3, 0.4) is 0 Å². The molecule has 1 atom stereocenters. The zero-order chi connectivity index (χ0) is 21.7. The van der Waals surface area contributed by atoms with Gasteiger partial charge in [-0.25, -0.2) is 4.98 Å². The summed E-state index contributed by atoms with van der Waals surface area (Å²) >= 11 is 0. The molecule has 5 aliphatic rings. The van der Waals surface area contributed by atoms with E-state index in [4.69, 9.17) is 4.42 Å². The smallest absolute Gasteiger partial charge is 0.241 e. The third kappa shape index (κ3) is 3.82. The van der Waals surface area contributed by atoms with E-state index in [-0.39, 0.29) is 29.7 Å². The van der Waals surface area contributed by atoms with Crippen molar-refractivity contribution in [2.24, 2.45) is 23.2 Å². The van der Waals surface area contributed by atoms with Crippen LogP contribution < -0.4 is 5.32 Å². The number of piperidine rings is 1. The number of aromatic nitrogens is 1. The quantitative estimate of drug-likeness (QED) is 0.762. The molecule has 6 nitrogen and oxygen atoms in total. The molecule has 4 saturated carbocycles. The van der Waals surface area contributed by atoms with Gasteiger partial charge in [0.15, 0.2) is 11.5 Å². The number of amides is 2. The predicted molar refractivity (Wildman–Crippen MR) is 121 cm³/mol. The number of para-hydroxylation sites is 2. The number of carbonyl (C=O) groups is 2. The first-order valence-corrected chi connectivity index (χ1v) is 12.5. The van der Waals surface area contributed by atoms with E-state index in [1.165, 1.54) is 38.5 Å². The van der Waals surface area contributed by atoms with Gasteiger partial charge in [-0.3, -0.25) is 9.59 Å². The topological polar surface area (TPSA) is 75.4 Å². The molecule has 1 aliphatic heterocycles. The van der Waals surface area contributed by atoms with Crippen LogP contribution in [0.2, 0.25) is 0 Å². The van der Waals surface area contributed by atoms with Crippen LogP contribution in [0.25, 0.3) is 11.1 Å². The van der Waals surface area contributed by atoms with E-state index in [0.29, 0.717) is 13.0 Å². The van der Waals surface area contributed by atoms with E-state index in [1.807, 2.05) is 29.2 Å². The number of hydrogen-bond donors (Lipinski definition) is 1. The van der Waals surface area contributed by atoms with Gasteiger partial charge in [-0.1, -0.05) is 12.1 Å². The number of hydrogen-bond acceptors (Lipinski definition) is 4. The molecule has 0 spiro atoms. The lowest BCUT2D eigenvalue weighted by molar-refractivity contribution is -0.136. The normalized spacial score (nSPS) is 33.6. The fourth-order valence-electron chi connectivity index (χ4n) is 7.67. The molecular weight excluding hydrogens is 402 g/mol. The van der Waals surface area contributed by atoms with Gasteiger partial charge in [0.25, 0.3) is 0 Å². The van der Waals surface area contributed by atoms with Crippen LogP contribution in [0.1, 0.15) is 69.6 Å². The predicted octanol–water partition coefficient (Wildman–Crippen LogP) is 4.26. The van der Waals surface area contributed by atoms with Crippen LogP contribution in [0.5, 0.6) is 0 Å². The molecule has 1 N–H and O–H groups in total. The first-order valence-electron chi connectivity index (χ1n) is 12.5. The van der Waals surface area contributed by atoms with Crippen molar-refractivity contribution in [1.29, 1.82) is 0 Å². The van der Waals surface area contributed by atoms with Gasteiger partial charge in [-0.2, -0.15) is 0 Å². The van der Waals surface area contributed by atoms with Crippen LogP contribution in [-0.4, -0.2) is 41.3 Å². The molecule has 7 rings (SSSR count). The molecular formula is C26H33N3O3. The molecule has 4 bridgehead atoms. The first-order chi connectivity index (χ1) is 15.6. The molecule has 1 aromatic carbocycles. The fourth-order valence-corrected chi connectivity index (χ4v) is 7.67. The summed E-state index contributed by atoms with van der Waals surface area (Å²) in [6, 6.07) is 7.78. The number of likely N-dealkylation sites (tertiary alicyclic amines) is 1. The van der Waals surface area contributed by atoms with Crippen LogP contribution >= 0.6 is 0 Å². The third-order valence-electron chi connectivity index (χ3n) is 8.57. The van der Waals surface area contributed by atoms with Crippen LogP contribution in [0, 0.1) is 23.2 Å². The van der Waals surface area contributed by atoms with Crippen molar-refractivity contribution in [2.45, 2.75) is 63.7 Å². The zero-order valence-electron chi connectivity index (χ0n) is 18.7. The lowest BCUT2D eigenvalue weighted by Gasteiger charge is -2.56. The average Bonchev–Trinajstić information content (AvgIpc) is 3.21. The summed E-state index contributed by atoms with van der Waals surface area (Å²) in [5.74, 6) is 3.42. The molecule has 2 heterocycles. The van der Waals surface area contributed by atoms with E-state index in [2.05, 4.69) is 10.3 Å². The summed E-state index contributed by atoms with van der Waals surface area (Å²) < 4.78 is 5.95. The van der Waals surface area contributed by atoms with Gasteiger partial charge in [0.2, 0.25) is 11.8 Å². The van der Waals surface area contributed by atoms with Gasteiger partial charge in [0.1, 0.15) is 5.52 Å². The Hall–Kier alpha value is -2.37. The van der Waals surface area contributed by atoms with Crippen LogP contribution in [0.15, 0.2) is 28.7 Å². The van der Waals surface area contributed by atoms with Gasteiger partial charge in [0, 0.05) is 19.5 Å². The van der Waals surface area contributed by atoms with Gasteiger partial charge < -0.3 is 14.6 Å². The number of nitrogens with one attached hydrogen (secondary N) is 1. The van der Waals surface area contributed by atoms with Crippen molar-refractivity contribution >= 4 is 22.9 Å². The van der Waals surface area contributed by atoms with Crippen LogP contribution in [0.4, 0.5) is 0 Å². The van der Waals surface area contributed by atoms with Gasteiger partial charge in [-0.05, 0) is 86.7 Å². The van der Waals surface area contributed by atoms with Crippen LogP contribution in [-0.2, 0) is 9.59 Å². The van der Waals surface area contributed by atoms with E-state index in [1.54, 1.807) is 0 Å². The first kappa shape index (κ1) is 20.3. The van der Waals surface area contributed by atoms with Crippen molar-refractivity contribution in [3.05, 3.63) is 30.2 Å². The summed E-state index contributed by atoms with van der Waals surface area (Å²) in [6.07, 6.45) is 10.3. The van der Waals surface area contributed by atoms with Crippen molar-refractivity contribution < 1.29 is 14.0 Å². The Labute approximate surface area is 189 Å². The van der Waals surface area contributed by atoms with E-state index in [9.17, 15) is 9.59 Å². The summed E-state index contributed by atoms with van der Waals surface area (Å²) in [5.41, 5.74) is 1.87. The number of oxazole rings is 1. The summed E-state index contributed by atoms with van der Waals surface area (Å²) in [5, 5.41) is 2.96. The lowest BCUT2D eigenvalue weighted by atomic mass is 9.49. The molecule has 2 amide bonds. The standard InChI is InChI=1S/C26H33N3O3/c30-23(14-26-11-17-8-18(12-26)10-19(9-17)13-26)27-15-24(31)29-7-3-4-20(16-29)25-28-21-5-1-2-6-22(21)32-25/h1-2,5-6,17-20H,3-4,7-16H2,(H,27,30). The SMILES string of the molecule is O=C(CC12CC3CC(CC(C3)C1)C2)NCC(=O)N1CCCC(c2nc3ccccc3o2)C1. The summed E-state index contributed by atoms with van der Waals surface area (Å²) in [7, 11) is 0. The van der Waals surface area contributed by atoms with Gasteiger partial charge >= 0.3 is 0 Å². The number of rotatable bonds is 5. The van der Waals surface area contributed by atoms with E-state index >= 15 is 0 Å². The minimum Gasteiger partial charge on any atom is -0.440 e. The molecule has 2 aromatic rings. The number of fused-ring (bicyclic) bond motifs is 1. The summed E-state index contributed by atoms with van der Waals surface area (Å²) in [6.45, 7) is 1.45. The molecule has 5 fully saturated rings. The third-order valence-corrected chi connectivity index (χ3v) is 8.57. The number of benzene rings is 1. The average molecular weight is 436 g/mol. The minimum atomic E-state index is 0.00433. The second-order valence-electron chi connectivity index (χ2n) is 11.1. The second kappa shape index (κ2) is 7.89. The molecule has 1 unspecified atom stereocenters. The van der Waals surface area contributed by atoms with E-state index in [0.717, 1.165) is 54.1 Å². The largest absolute Gasteiger partial charge is 0.440 e. The molecule has 1 saturated heterocycles. The Morgan fingerprint density at radius 2 is 1.81 bits per heavy atom. The van der Waals surface area contributed by atoms with E-state index < -0.39 is 0 Å². The lowest BCUT2D eigenvalue weighted by Crippen LogP contribution is -2.49. The highest BCUT2D eigenvalue weighted by Gasteiger charge is 2.51. The Bertz CT molecular complexity index is 960. The Balaban J connectivity index is 1.03. The van der Waals surface area contributed by atoms with Crippen molar-refractivity contribution in [3.8, 4) is 0 Å². The number of carbonyl (C=O) groups excluding carboxylic acids is 2. The molecule has 6 heteroatoms. The highest BCUT2D eigenvalue weighted by Crippen LogP contribution is 2.61. The molecule has 170 valence electrons. The van der Waals surface area contributed by atoms with Crippen molar-refractivity contribution in [3.63, 3.8) is 0 Å². The van der Waals surface area contributed by atoms with Gasteiger partial charge in [0.05, 0.1) is 12.5 Å². The monoisotopic (exact) mass is 435 g/mol. The second-order valence-corrected chi connectivity index (χ2v) is 11.1. The maximum atomic E-state index is 12.9.